The van der Waals surface area contributed by atoms with Gasteiger partial charge in [0.05, 0.1) is 0 Å². The molecular formula is C48H47BN2SeSi. The molecule has 4 heterocycles. The first-order chi connectivity index (χ1) is 25.7. The van der Waals surface area contributed by atoms with Gasteiger partial charge in [0, 0.05) is 0 Å². The van der Waals surface area contributed by atoms with Crippen molar-refractivity contribution in [2.24, 2.45) is 0 Å². The maximum absolute atomic E-state index is 2.68. The van der Waals surface area contributed by atoms with Gasteiger partial charge >= 0.3 is 324 Å². The SMILES string of the molecule is CC[Si]1(C)c2ccc(-n3c4c(c5ccccc53)CCCC4)cc2B2c3ccc(-n4c5c(c6ccccc64)CCC5)cc3[Se]c3cc(C(C)(C)C)cc1c32. The van der Waals surface area contributed by atoms with Gasteiger partial charge in [0.2, 0.25) is 0 Å². The Bertz CT molecular complexity index is 2690. The molecule has 0 saturated heterocycles. The van der Waals surface area contributed by atoms with Crippen molar-refractivity contribution in [3.05, 3.63) is 125 Å². The second-order valence-corrected chi connectivity index (χ2v) is 24.2. The third kappa shape index (κ3) is 4.51. The zero-order chi connectivity index (χ0) is 35.8. The first-order valence-corrected chi connectivity index (χ1v) is 24.5. The van der Waals surface area contributed by atoms with E-state index in [1.165, 1.54) is 95.4 Å². The summed E-state index contributed by atoms with van der Waals surface area (Å²) in [4.78, 5) is 0. The van der Waals surface area contributed by atoms with Crippen LogP contribution in [0.25, 0.3) is 33.2 Å². The molecule has 0 amide bonds. The van der Waals surface area contributed by atoms with Crippen LogP contribution in [0.1, 0.15) is 75.0 Å². The van der Waals surface area contributed by atoms with Gasteiger partial charge in [-0.2, -0.15) is 0 Å². The number of hydrogen-bond acceptors (Lipinski definition) is 0. The van der Waals surface area contributed by atoms with Crippen LogP contribution in [-0.2, 0) is 31.1 Å². The van der Waals surface area contributed by atoms with Crippen molar-refractivity contribution in [2.75, 3.05) is 0 Å². The van der Waals surface area contributed by atoms with Gasteiger partial charge in [0.25, 0.3) is 0 Å². The Morgan fingerprint density at radius 3 is 1.96 bits per heavy atom. The number of hydrogen-bond donors (Lipinski definition) is 0. The fourth-order valence-electron chi connectivity index (χ4n) is 10.9. The van der Waals surface area contributed by atoms with E-state index in [2.05, 4.69) is 140 Å². The third-order valence-electron chi connectivity index (χ3n) is 13.7. The van der Waals surface area contributed by atoms with Crippen molar-refractivity contribution in [3.8, 4) is 11.4 Å². The Hall–Kier alpha value is -4.02. The van der Waals surface area contributed by atoms with Crippen molar-refractivity contribution in [2.45, 2.75) is 90.6 Å². The molecular weight excluding hydrogens is 722 g/mol. The van der Waals surface area contributed by atoms with Gasteiger partial charge in [-0.1, -0.05) is 0 Å². The summed E-state index contributed by atoms with van der Waals surface area (Å²) < 4.78 is 8.47. The number of rotatable bonds is 3. The average molecular weight is 770 g/mol. The molecule has 7 aromatic rings. The Balaban J connectivity index is 1.17. The van der Waals surface area contributed by atoms with E-state index in [4.69, 9.17) is 0 Å². The summed E-state index contributed by atoms with van der Waals surface area (Å²) in [6.07, 6.45) is 8.57. The average Bonchev–Trinajstić information content (AvgIpc) is 3.87. The normalized spacial score (nSPS) is 18.5. The molecule has 262 valence electrons. The predicted molar refractivity (Wildman–Crippen MR) is 231 cm³/mol. The Morgan fingerprint density at radius 1 is 0.642 bits per heavy atom. The van der Waals surface area contributed by atoms with Gasteiger partial charge in [-0.25, -0.2) is 0 Å². The van der Waals surface area contributed by atoms with Crippen LogP contribution in [0.3, 0.4) is 0 Å². The summed E-state index contributed by atoms with van der Waals surface area (Å²) in [7, 11) is -2.03. The van der Waals surface area contributed by atoms with Crippen molar-refractivity contribution in [1.29, 1.82) is 0 Å². The first kappa shape index (κ1) is 32.4. The summed E-state index contributed by atoms with van der Waals surface area (Å²) in [5, 5.41) is 6.27. The van der Waals surface area contributed by atoms with Crippen LogP contribution < -0.4 is 35.7 Å². The molecule has 53 heavy (non-hydrogen) atoms. The van der Waals surface area contributed by atoms with Crippen LogP contribution in [-0.4, -0.2) is 38.9 Å². The summed E-state index contributed by atoms with van der Waals surface area (Å²) >= 11 is 0.229. The molecule has 2 aliphatic carbocycles. The molecule has 5 aromatic carbocycles. The topological polar surface area (TPSA) is 9.86 Å². The molecule has 2 aromatic heterocycles. The van der Waals surface area contributed by atoms with E-state index < -0.39 is 8.07 Å². The monoisotopic (exact) mass is 770 g/mol. The van der Waals surface area contributed by atoms with Crippen molar-refractivity contribution in [3.63, 3.8) is 0 Å². The van der Waals surface area contributed by atoms with Crippen LogP contribution in [0.5, 0.6) is 0 Å². The molecule has 0 spiro atoms. The zero-order valence-electron chi connectivity index (χ0n) is 31.8. The van der Waals surface area contributed by atoms with E-state index in [-0.39, 0.29) is 27.1 Å². The first-order valence-electron chi connectivity index (χ1n) is 20.1. The molecule has 0 fully saturated rings. The second kappa shape index (κ2) is 11.5. The Labute approximate surface area is 321 Å². The molecule has 2 nitrogen and oxygen atoms in total. The van der Waals surface area contributed by atoms with Crippen LogP contribution in [0.4, 0.5) is 0 Å². The zero-order valence-corrected chi connectivity index (χ0v) is 34.5. The standard InChI is InChI=1S/C48H47BN2SeSi/c1-6-53(5)45-25-23-31(50-39-18-10-7-14-33(39)34-15-8-11-19-40(34)50)28-38(45)49-37-24-22-32(51-41-20-12-9-16-35(41)36-17-13-21-42(36)51)29-43(37)52-44-26-30(48(2,3)4)27-46(53)47(44)49/h7,9-10,12,14,16,18,20,22-29H,6,8,11,13,15,17,19,21H2,1-5H3. The summed E-state index contributed by atoms with van der Waals surface area (Å²) in [5.41, 5.74) is 18.1. The van der Waals surface area contributed by atoms with E-state index >= 15 is 0 Å². The third-order valence-corrected chi connectivity index (χ3v) is 20.7. The molecule has 11 rings (SSSR count). The molecule has 2 aliphatic heterocycles. The number of aryl methyl sites for hydroxylation is 2. The number of aromatic nitrogens is 2. The van der Waals surface area contributed by atoms with Crippen LogP contribution >= 0.6 is 0 Å². The van der Waals surface area contributed by atoms with Crippen LogP contribution in [0.2, 0.25) is 12.6 Å². The molecule has 0 radical (unpaired) electrons. The fraction of sp³-hybridized carbons (Fsp3) is 0.292. The Morgan fingerprint density at radius 2 is 1.26 bits per heavy atom. The summed E-state index contributed by atoms with van der Waals surface area (Å²) in [6, 6.07) is 40.3. The van der Waals surface area contributed by atoms with Gasteiger partial charge in [-0.05, 0) is 0 Å². The maximum atomic E-state index is 2.68. The molecule has 0 N–H and O–H groups in total. The van der Waals surface area contributed by atoms with Crippen LogP contribution in [0.15, 0.2) is 97.1 Å². The second-order valence-electron chi connectivity index (χ2n) is 17.5. The van der Waals surface area contributed by atoms with E-state index in [9.17, 15) is 0 Å². The van der Waals surface area contributed by atoms with Crippen molar-refractivity contribution >= 4 is 87.2 Å². The van der Waals surface area contributed by atoms with Gasteiger partial charge in [0.1, 0.15) is 0 Å². The number of benzene rings is 5. The van der Waals surface area contributed by atoms with Gasteiger partial charge in [-0.3, -0.25) is 0 Å². The number of para-hydroxylation sites is 2. The quantitative estimate of drug-likeness (QED) is 0.188. The minimum atomic E-state index is -2.03. The Kier molecular flexibility index (Phi) is 7.03. The van der Waals surface area contributed by atoms with E-state index in [0.717, 1.165) is 0 Å². The minimum absolute atomic E-state index is 0.103. The van der Waals surface area contributed by atoms with E-state index in [0.29, 0.717) is 0 Å². The predicted octanol–water partition coefficient (Wildman–Crippen LogP) is 6.25. The molecule has 0 saturated carbocycles. The molecule has 1 unspecified atom stereocenters. The number of fused-ring (bicyclic) bond motifs is 10. The van der Waals surface area contributed by atoms with E-state index in [1.807, 2.05) is 0 Å². The summed E-state index contributed by atoms with van der Waals surface area (Å²) in [5.74, 6) is 0. The van der Waals surface area contributed by atoms with Crippen molar-refractivity contribution < 1.29 is 0 Å². The fourth-order valence-corrected chi connectivity index (χ4v) is 17.4. The molecule has 4 aliphatic rings. The van der Waals surface area contributed by atoms with Crippen molar-refractivity contribution in [1.82, 2.24) is 9.13 Å². The molecule has 0 bridgehead atoms. The van der Waals surface area contributed by atoms with Crippen LogP contribution in [0, 0.1) is 0 Å². The summed E-state index contributed by atoms with van der Waals surface area (Å²) in [6.45, 7) is 12.7. The van der Waals surface area contributed by atoms with Gasteiger partial charge in [0.15, 0.2) is 0 Å². The molecule has 5 heteroatoms. The van der Waals surface area contributed by atoms with Gasteiger partial charge in [-0.15, -0.1) is 0 Å². The number of nitrogens with zero attached hydrogens (tertiary/aromatic N) is 2. The van der Waals surface area contributed by atoms with E-state index in [1.54, 1.807) is 52.5 Å². The van der Waals surface area contributed by atoms with Gasteiger partial charge < -0.3 is 0 Å². The molecule has 1 atom stereocenters.